The van der Waals surface area contributed by atoms with Gasteiger partial charge in [0, 0.05) is 24.2 Å². The molecule has 0 saturated heterocycles. The van der Waals surface area contributed by atoms with Gasteiger partial charge in [0.1, 0.15) is 0 Å². The van der Waals surface area contributed by atoms with Gasteiger partial charge in [0.15, 0.2) is 12.4 Å². The van der Waals surface area contributed by atoms with Crippen LogP contribution in [0.15, 0.2) is 53.8 Å². The summed E-state index contributed by atoms with van der Waals surface area (Å²) in [6.07, 6.45) is 3.58. The molecule has 1 unspecified atom stereocenters. The molecule has 0 aliphatic rings. The summed E-state index contributed by atoms with van der Waals surface area (Å²) in [5.41, 5.74) is 0.449. The van der Waals surface area contributed by atoms with Gasteiger partial charge in [-0.25, -0.2) is 0 Å². The van der Waals surface area contributed by atoms with E-state index in [4.69, 9.17) is 35.8 Å². The number of Topliss-reactive ketones (excluding diaryl/α,β-unsaturated/α-hetero) is 1. The highest BCUT2D eigenvalue weighted by molar-refractivity contribution is 7.77. The number of hydrogen-bond donors (Lipinski definition) is 0. The monoisotopic (exact) mass is 352 g/mol. The van der Waals surface area contributed by atoms with Gasteiger partial charge in [-0.05, 0) is 30.2 Å². The van der Waals surface area contributed by atoms with Crippen LogP contribution in [0.4, 0.5) is 0 Å². The molecule has 0 aliphatic carbocycles. The van der Waals surface area contributed by atoms with E-state index < -0.39 is 6.04 Å². The predicted molar refractivity (Wildman–Crippen MR) is 91.8 cm³/mol. The lowest BCUT2D eigenvalue weighted by atomic mass is 10.0. The van der Waals surface area contributed by atoms with E-state index in [0.29, 0.717) is 27.2 Å². The third-order valence-corrected chi connectivity index (χ3v) is 4.13. The van der Waals surface area contributed by atoms with Crippen LogP contribution in [0.3, 0.4) is 0 Å². The molecule has 2 aromatic rings. The first-order valence-corrected chi connectivity index (χ1v) is 7.87. The second-order valence-corrected chi connectivity index (χ2v) is 5.76. The lowest BCUT2D eigenvalue weighted by Gasteiger charge is -2.18. The molecule has 3 nitrogen and oxygen atoms in total. The molecule has 22 heavy (non-hydrogen) atoms. The van der Waals surface area contributed by atoms with Crippen LogP contribution in [-0.4, -0.2) is 17.4 Å². The van der Waals surface area contributed by atoms with Crippen molar-refractivity contribution in [3.8, 4) is 0 Å². The van der Waals surface area contributed by atoms with Gasteiger partial charge >= 0.3 is 0 Å². The van der Waals surface area contributed by atoms with Crippen molar-refractivity contribution in [3.05, 3.63) is 64.4 Å². The Kier molecular flexibility index (Phi) is 5.89. The standard InChI is InChI=1S/C16H14Cl2N2OS/c1-2-19-16(22)14(20-8-4-3-5-9-20)15(21)11-6-7-12(17)13(18)10-11/h3-10,14H,2H2,1H3. The minimum atomic E-state index is -0.673. The normalized spacial score (nSPS) is 13.0. The zero-order chi connectivity index (χ0) is 16.1. The van der Waals surface area contributed by atoms with Crippen molar-refractivity contribution < 1.29 is 9.36 Å². The first-order chi connectivity index (χ1) is 10.5. The van der Waals surface area contributed by atoms with Crippen LogP contribution in [0, 0.1) is 0 Å². The number of rotatable bonds is 5. The number of halogens is 2. The molecular weight excluding hydrogens is 339 g/mol. The maximum absolute atomic E-state index is 12.9. The van der Waals surface area contributed by atoms with Gasteiger partial charge in [0.25, 0.3) is 0 Å². The average molecular weight is 353 g/mol. The number of nitrogens with zero attached hydrogens (tertiary/aromatic N) is 2. The lowest BCUT2D eigenvalue weighted by molar-refractivity contribution is -0.691. The van der Waals surface area contributed by atoms with Gasteiger partial charge in [-0.2, -0.15) is 4.57 Å². The van der Waals surface area contributed by atoms with Crippen LogP contribution in [0.5, 0.6) is 0 Å². The molecule has 1 heterocycles. The van der Waals surface area contributed by atoms with Crippen molar-refractivity contribution in [1.29, 1.82) is 0 Å². The maximum Gasteiger partial charge on any atom is 0.237 e. The Hall–Kier alpha value is -1.49. The highest BCUT2D eigenvalue weighted by Crippen LogP contribution is 2.24. The summed E-state index contributed by atoms with van der Waals surface area (Å²) in [5, 5.41) is 1.08. The zero-order valence-corrected chi connectivity index (χ0v) is 14.2. The Morgan fingerprint density at radius 3 is 2.50 bits per heavy atom. The fourth-order valence-corrected chi connectivity index (χ4v) is 2.66. The second-order valence-electron chi connectivity index (χ2n) is 4.53. The Balaban J connectivity index is 2.46. The van der Waals surface area contributed by atoms with Crippen LogP contribution >= 0.6 is 23.2 Å². The van der Waals surface area contributed by atoms with Gasteiger partial charge < -0.3 is 17.6 Å². The van der Waals surface area contributed by atoms with Gasteiger partial charge in [-0.1, -0.05) is 29.3 Å². The molecule has 0 radical (unpaired) electrons. The Morgan fingerprint density at radius 2 is 1.91 bits per heavy atom. The topological polar surface area (TPSA) is 33.3 Å². The highest BCUT2D eigenvalue weighted by atomic mass is 35.5. The fraction of sp³-hybridized carbons (Fsp3) is 0.188. The molecule has 1 aromatic heterocycles. The van der Waals surface area contributed by atoms with E-state index >= 15 is 0 Å². The Bertz CT molecular complexity index is 705. The largest absolute Gasteiger partial charge is 0.758 e. The Morgan fingerprint density at radius 1 is 1.23 bits per heavy atom. The predicted octanol–water partition coefficient (Wildman–Crippen LogP) is 3.67. The quantitative estimate of drug-likeness (QED) is 0.270. The van der Waals surface area contributed by atoms with E-state index in [2.05, 4.69) is 4.99 Å². The van der Waals surface area contributed by atoms with E-state index in [1.807, 2.05) is 25.1 Å². The number of carbonyl (C=O) groups is 1. The molecular formula is C16H14Cl2N2OS. The zero-order valence-electron chi connectivity index (χ0n) is 11.9. The van der Waals surface area contributed by atoms with Crippen LogP contribution in [0.1, 0.15) is 23.3 Å². The maximum atomic E-state index is 12.9. The highest BCUT2D eigenvalue weighted by Gasteiger charge is 2.28. The summed E-state index contributed by atoms with van der Waals surface area (Å²) in [4.78, 5) is 17.1. The van der Waals surface area contributed by atoms with Crippen LogP contribution in [-0.2, 0) is 12.6 Å². The molecule has 1 atom stereocenters. The van der Waals surface area contributed by atoms with E-state index in [-0.39, 0.29) is 5.78 Å². The lowest BCUT2D eigenvalue weighted by Crippen LogP contribution is -2.47. The number of benzene rings is 1. The SMILES string of the molecule is CCN=C([S-])C(C(=O)c1ccc(Cl)c(Cl)c1)[n+]1ccccc1. The molecule has 0 bridgehead atoms. The smallest absolute Gasteiger partial charge is 0.237 e. The Labute approximate surface area is 145 Å². The van der Waals surface area contributed by atoms with E-state index in [9.17, 15) is 4.79 Å². The molecule has 114 valence electrons. The molecule has 0 aliphatic heterocycles. The van der Waals surface area contributed by atoms with Crippen LogP contribution < -0.4 is 4.57 Å². The van der Waals surface area contributed by atoms with Gasteiger partial charge in [0.2, 0.25) is 11.8 Å². The van der Waals surface area contributed by atoms with Crippen LogP contribution in [0.2, 0.25) is 10.0 Å². The van der Waals surface area contributed by atoms with Gasteiger partial charge in [-0.15, -0.1) is 0 Å². The molecule has 0 saturated carbocycles. The van der Waals surface area contributed by atoms with Crippen LogP contribution in [0.25, 0.3) is 0 Å². The van der Waals surface area contributed by atoms with Crippen molar-refractivity contribution in [2.24, 2.45) is 4.99 Å². The summed E-state index contributed by atoms with van der Waals surface area (Å²) in [7, 11) is 0. The summed E-state index contributed by atoms with van der Waals surface area (Å²) in [6, 6.07) is 9.67. The van der Waals surface area contributed by atoms with Crippen molar-refractivity contribution in [2.45, 2.75) is 13.0 Å². The third kappa shape index (κ3) is 3.83. The first-order valence-electron chi connectivity index (χ1n) is 6.71. The molecule has 0 amide bonds. The molecule has 0 spiro atoms. The molecule has 1 aromatic carbocycles. The van der Waals surface area contributed by atoms with Crippen molar-refractivity contribution >= 4 is 46.7 Å². The summed E-state index contributed by atoms with van der Waals surface area (Å²) < 4.78 is 1.74. The number of carbonyl (C=O) groups excluding carboxylic acids is 1. The molecule has 2 rings (SSSR count). The van der Waals surface area contributed by atoms with E-state index in [1.165, 1.54) is 0 Å². The molecule has 0 N–H and O–H groups in total. The number of hydrogen-bond acceptors (Lipinski definition) is 3. The van der Waals surface area contributed by atoms with E-state index in [0.717, 1.165) is 0 Å². The molecule has 0 fully saturated rings. The molecule has 6 heteroatoms. The third-order valence-electron chi connectivity index (χ3n) is 3.04. The summed E-state index contributed by atoms with van der Waals surface area (Å²) in [6.45, 7) is 2.40. The van der Waals surface area contributed by atoms with Gasteiger partial charge in [0.05, 0.1) is 10.0 Å². The minimum absolute atomic E-state index is 0.169. The number of aliphatic imine (C=N–C) groups is 1. The van der Waals surface area contributed by atoms with Gasteiger partial charge in [-0.3, -0.25) is 4.79 Å². The fourth-order valence-electron chi connectivity index (χ4n) is 2.01. The van der Waals surface area contributed by atoms with Crippen molar-refractivity contribution in [2.75, 3.05) is 6.54 Å². The van der Waals surface area contributed by atoms with Crippen molar-refractivity contribution in [1.82, 2.24) is 0 Å². The summed E-state index contributed by atoms with van der Waals surface area (Å²) >= 11 is 17.2. The average Bonchev–Trinajstić information content (AvgIpc) is 2.51. The second kappa shape index (κ2) is 7.68. The van der Waals surface area contributed by atoms with E-state index in [1.54, 1.807) is 35.2 Å². The first kappa shape index (κ1) is 16.9. The number of aromatic nitrogens is 1. The summed E-state index contributed by atoms with van der Waals surface area (Å²) in [5.74, 6) is -0.169. The van der Waals surface area contributed by atoms with Crippen molar-refractivity contribution in [3.63, 3.8) is 0 Å². The number of pyridine rings is 1. The minimum Gasteiger partial charge on any atom is -0.758 e. The number of ketones is 1.